The zero-order valence-corrected chi connectivity index (χ0v) is 10.8. The second kappa shape index (κ2) is 4.57. The number of hydrogen-bond acceptors (Lipinski definition) is 3. The van der Waals surface area contributed by atoms with E-state index < -0.39 is 5.69 Å². The predicted octanol–water partition coefficient (Wildman–Crippen LogP) is 1.93. The first-order valence-corrected chi connectivity index (χ1v) is 6.62. The molecule has 1 aliphatic carbocycles. The van der Waals surface area contributed by atoms with Crippen LogP contribution in [0.5, 0.6) is 5.88 Å². The second-order valence-corrected chi connectivity index (χ2v) is 4.99. The molecule has 1 aromatic heterocycles. The van der Waals surface area contributed by atoms with Crippen molar-refractivity contribution in [3.63, 3.8) is 0 Å². The Morgan fingerprint density at radius 1 is 1.26 bits per heavy atom. The van der Waals surface area contributed by atoms with Gasteiger partial charge in [0.05, 0.1) is 0 Å². The maximum Gasteiger partial charge on any atom is 0.328 e. The van der Waals surface area contributed by atoms with Crippen LogP contribution in [0, 0.1) is 5.92 Å². The Balaban J connectivity index is 2.20. The van der Waals surface area contributed by atoms with E-state index in [1.807, 2.05) is 19.1 Å². The van der Waals surface area contributed by atoms with Crippen LogP contribution in [0.4, 0.5) is 0 Å². The molecule has 5 nitrogen and oxygen atoms in total. The molecule has 100 valence electrons. The van der Waals surface area contributed by atoms with Gasteiger partial charge in [0.2, 0.25) is 5.88 Å². The fourth-order valence-electron chi connectivity index (χ4n) is 2.88. The standard InChI is InChI=1S/C14H16N2O3/c1-2-9-7-10(8-5-3-4-6-8)11-12(17)15-14(18)16-13(11)19-9/h2,7-8H,3-6H2,1H3,(H2,15,16,17,18). The number of nitrogens with one attached hydrogen (secondary N) is 2. The van der Waals surface area contributed by atoms with Gasteiger partial charge in [-0.25, -0.2) is 4.79 Å². The zero-order chi connectivity index (χ0) is 13.4. The molecule has 2 aliphatic rings. The summed E-state index contributed by atoms with van der Waals surface area (Å²) in [7, 11) is 0. The van der Waals surface area contributed by atoms with E-state index in [1.54, 1.807) is 0 Å². The zero-order valence-electron chi connectivity index (χ0n) is 10.8. The molecule has 0 radical (unpaired) electrons. The SMILES string of the molecule is CC=C1C=C(C2CCCC2)c2c([nH]c(=O)[nH]c2=O)O1. The van der Waals surface area contributed by atoms with Crippen molar-refractivity contribution in [1.82, 2.24) is 9.97 Å². The third-order valence-corrected chi connectivity index (χ3v) is 3.79. The molecule has 0 bridgehead atoms. The average Bonchev–Trinajstić information content (AvgIpc) is 2.90. The van der Waals surface area contributed by atoms with Crippen LogP contribution in [-0.2, 0) is 0 Å². The summed E-state index contributed by atoms with van der Waals surface area (Å²) in [6.07, 6.45) is 8.29. The van der Waals surface area contributed by atoms with E-state index >= 15 is 0 Å². The summed E-state index contributed by atoms with van der Waals surface area (Å²) < 4.78 is 5.54. The van der Waals surface area contributed by atoms with Gasteiger partial charge in [0.15, 0.2) is 0 Å². The van der Waals surface area contributed by atoms with Crippen LogP contribution in [0.2, 0.25) is 0 Å². The van der Waals surface area contributed by atoms with E-state index in [4.69, 9.17) is 4.74 Å². The highest BCUT2D eigenvalue weighted by Crippen LogP contribution is 2.40. The molecule has 0 amide bonds. The Morgan fingerprint density at radius 3 is 2.68 bits per heavy atom. The molecule has 1 saturated carbocycles. The van der Waals surface area contributed by atoms with E-state index in [0.29, 0.717) is 17.2 Å². The molecule has 5 heteroatoms. The van der Waals surface area contributed by atoms with Gasteiger partial charge in [-0.15, -0.1) is 0 Å². The van der Waals surface area contributed by atoms with Crippen LogP contribution in [0.1, 0.15) is 38.2 Å². The number of H-pyrrole nitrogens is 2. The Bertz CT molecular complexity index is 673. The molecule has 0 unspecified atom stereocenters. The summed E-state index contributed by atoms with van der Waals surface area (Å²) >= 11 is 0. The summed E-state index contributed by atoms with van der Waals surface area (Å²) in [4.78, 5) is 28.2. The molecule has 1 fully saturated rings. The topological polar surface area (TPSA) is 75.0 Å². The van der Waals surface area contributed by atoms with Crippen LogP contribution in [0.3, 0.4) is 0 Å². The van der Waals surface area contributed by atoms with Gasteiger partial charge in [0.25, 0.3) is 5.56 Å². The second-order valence-electron chi connectivity index (χ2n) is 4.99. The van der Waals surface area contributed by atoms with E-state index in [0.717, 1.165) is 18.4 Å². The highest BCUT2D eigenvalue weighted by atomic mass is 16.5. The van der Waals surface area contributed by atoms with Crippen LogP contribution in [-0.4, -0.2) is 9.97 Å². The molecule has 2 N–H and O–H groups in total. The molecule has 0 saturated heterocycles. The smallest absolute Gasteiger partial charge is 0.328 e. The van der Waals surface area contributed by atoms with Gasteiger partial charge in [-0.1, -0.05) is 12.8 Å². The van der Waals surface area contributed by atoms with Gasteiger partial charge in [-0.05, 0) is 43.4 Å². The minimum absolute atomic E-state index is 0.270. The molecule has 2 heterocycles. The molecular formula is C14H16N2O3. The van der Waals surface area contributed by atoms with Crippen molar-refractivity contribution in [2.75, 3.05) is 0 Å². The maximum absolute atomic E-state index is 12.0. The molecule has 1 aliphatic heterocycles. The first-order valence-electron chi connectivity index (χ1n) is 6.62. The summed E-state index contributed by atoms with van der Waals surface area (Å²) in [6, 6.07) is 0. The van der Waals surface area contributed by atoms with Crippen LogP contribution < -0.4 is 16.0 Å². The van der Waals surface area contributed by atoms with Crippen molar-refractivity contribution < 1.29 is 4.74 Å². The Labute approximate surface area is 110 Å². The number of aromatic amines is 2. The summed E-state index contributed by atoms with van der Waals surface area (Å²) in [5, 5.41) is 0. The minimum atomic E-state index is -0.535. The Hall–Kier alpha value is -2.04. The van der Waals surface area contributed by atoms with Gasteiger partial charge in [-0.2, -0.15) is 0 Å². The first-order chi connectivity index (χ1) is 9.19. The van der Waals surface area contributed by atoms with Crippen LogP contribution >= 0.6 is 0 Å². The van der Waals surface area contributed by atoms with Crippen molar-refractivity contribution in [2.45, 2.75) is 32.6 Å². The lowest BCUT2D eigenvalue weighted by Gasteiger charge is -2.22. The third kappa shape index (κ3) is 2.05. The summed E-state index contributed by atoms with van der Waals surface area (Å²) in [5.41, 5.74) is 0.570. The van der Waals surface area contributed by atoms with Crippen molar-refractivity contribution in [1.29, 1.82) is 0 Å². The fraction of sp³-hybridized carbons (Fsp3) is 0.429. The number of allylic oxidation sites excluding steroid dienone is 3. The van der Waals surface area contributed by atoms with E-state index in [9.17, 15) is 9.59 Å². The quantitative estimate of drug-likeness (QED) is 0.810. The lowest BCUT2D eigenvalue weighted by molar-refractivity contribution is 0.412. The largest absolute Gasteiger partial charge is 0.440 e. The van der Waals surface area contributed by atoms with Crippen molar-refractivity contribution >= 4 is 5.57 Å². The maximum atomic E-state index is 12.0. The average molecular weight is 260 g/mol. The molecule has 0 atom stereocenters. The van der Waals surface area contributed by atoms with Crippen molar-refractivity contribution in [3.8, 4) is 5.88 Å². The highest BCUT2D eigenvalue weighted by Gasteiger charge is 2.29. The monoisotopic (exact) mass is 260 g/mol. The number of aromatic nitrogens is 2. The molecular weight excluding hydrogens is 244 g/mol. The van der Waals surface area contributed by atoms with Crippen LogP contribution in [0.25, 0.3) is 5.57 Å². The van der Waals surface area contributed by atoms with Gasteiger partial charge >= 0.3 is 5.69 Å². The van der Waals surface area contributed by atoms with E-state index in [2.05, 4.69) is 9.97 Å². The van der Waals surface area contributed by atoms with Crippen molar-refractivity contribution in [2.24, 2.45) is 5.92 Å². The van der Waals surface area contributed by atoms with Crippen molar-refractivity contribution in [3.05, 3.63) is 44.3 Å². The van der Waals surface area contributed by atoms with Gasteiger partial charge in [-0.3, -0.25) is 14.8 Å². The molecule has 0 spiro atoms. The molecule has 1 aromatic rings. The normalized spacial score (nSPS) is 21.1. The number of rotatable bonds is 1. The Morgan fingerprint density at radius 2 is 2.00 bits per heavy atom. The molecule has 19 heavy (non-hydrogen) atoms. The summed E-state index contributed by atoms with van der Waals surface area (Å²) in [6.45, 7) is 1.87. The van der Waals surface area contributed by atoms with Gasteiger partial charge in [0.1, 0.15) is 11.3 Å². The predicted molar refractivity (Wildman–Crippen MR) is 72.0 cm³/mol. The molecule has 0 aromatic carbocycles. The van der Waals surface area contributed by atoms with E-state index in [1.165, 1.54) is 12.8 Å². The molecule has 3 rings (SSSR count). The number of hydrogen-bond donors (Lipinski definition) is 2. The fourth-order valence-corrected chi connectivity index (χ4v) is 2.88. The van der Waals surface area contributed by atoms with Gasteiger partial charge in [0, 0.05) is 0 Å². The lowest BCUT2D eigenvalue weighted by Crippen LogP contribution is -2.28. The minimum Gasteiger partial charge on any atom is -0.440 e. The lowest BCUT2D eigenvalue weighted by atomic mass is 9.90. The summed E-state index contributed by atoms with van der Waals surface area (Å²) in [5.74, 6) is 1.33. The Kier molecular flexibility index (Phi) is 2.89. The number of fused-ring (bicyclic) bond motifs is 1. The van der Waals surface area contributed by atoms with Crippen LogP contribution in [0.15, 0.2) is 27.5 Å². The highest BCUT2D eigenvalue weighted by molar-refractivity contribution is 5.74. The van der Waals surface area contributed by atoms with Gasteiger partial charge < -0.3 is 4.74 Å². The number of ether oxygens (including phenoxy) is 1. The van der Waals surface area contributed by atoms with E-state index in [-0.39, 0.29) is 11.4 Å². The third-order valence-electron chi connectivity index (χ3n) is 3.79. The first kappa shape index (κ1) is 12.0.